The summed E-state index contributed by atoms with van der Waals surface area (Å²) in [5.74, 6) is 1.51. The van der Waals surface area contributed by atoms with Gasteiger partial charge in [-0.3, -0.25) is 9.79 Å². The zero-order valence-corrected chi connectivity index (χ0v) is 20.0. The third-order valence-corrected chi connectivity index (χ3v) is 4.73. The molecule has 1 saturated heterocycles. The summed E-state index contributed by atoms with van der Waals surface area (Å²) in [6.07, 6.45) is 2.73. The summed E-state index contributed by atoms with van der Waals surface area (Å²) in [7, 11) is 3.43. The van der Waals surface area contributed by atoms with E-state index in [9.17, 15) is 4.79 Å². The van der Waals surface area contributed by atoms with Crippen molar-refractivity contribution in [3.8, 4) is 5.75 Å². The molecule has 1 unspecified atom stereocenters. The number of hydrogen-bond acceptors (Lipinski definition) is 5. The summed E-state index contributed by atoms with van der Waals surface area (Å²) in [4.78, 5) is 18.5. The Balaban J connectivity index is 0.00000420. The molecule has 2 rings (SSSR count). The van der Waals surface area contributed by atoms with Gasteiger partial charge in [-0.1, -0.05) is 12.1 Å². The van der Waals surface area contributed by atoms with Gasteiger partial charge in [0.1, 0.15) is 5.75 Å². The number of hydrogen-bond donors (Lipinski definition) is 1. The predicted octanol–water partition coefficient (Wildman–Crippen LogP) is 3.07. The van der Waals surface area contributed by atoms with Crippen molar-refractivity contribution in [1.82, 2.24) is 10.2 Å². The number of carbonyl (C=O) groups excluding carboxylic acids is 1. The zero-order valence-electron chi connectivity index (χ0n) is 17.7. The fourth-order valence-corrected chi connectivity index (χ4v) is 3.24. The molecular weight excluding hydrogens is 485 g/mol. The van der Waals surface area contributed by atoms with Crippen LogP contribution in [0.15, 0.2) is 29.3 Å². The van der Waals surface area contributed by atoms with Crippen LogP contribution in [0.5, 0.6) is 5.75 Å². The molecule has 0 saturated carbocycles. The number of nitrogens with zero attached hydrogens (tertiary/aromatic N) is 2. The van der Waals surface area contributed by atoms with Crippen LogP contribution in [0, 0.1) is 5.92 Å². The Morgan fingerprint density at radius 1 is 1.31 bits per heavy atom. The molecule has 1 aromatic carbocycles. The molecule has 8 heteroatoms. The molecular formula is C21H34IN3O4. The van der Waals surface area contributed by atoms with E-state index < -0.39 is 0 Å². The lowest BCUT2D eigenvalue weighted by Gasteiger charge is -2.33. The molecule has 0 bridgehead atoms. The molecule has 1 aliphatic heterocycles. The molecule has 29 heavy (non-hydrogen) atoms. The van der Waals surface area contributed by atoms with Crippen molar-refractivity contribution >= 4 is 35.9 Å². The van der Waals surface area contributed by atoms with Gasteiger partial charge >= 0.3 is 5.97 Å². The molecule has 1 fully saturated rings. The van der Waals surface area contributed by atoms with Gasteiger partial charge in [-0.15, -0.1) is 24.0 Å². The summed E-state index contributed by atoms with van der Waals surface area (Å²) in [5.41, 5.74) is 1.13. The second kappa shape index (κ2) is 14.4. The van der Waals surface area contributed by atoms with Crippen molar-refractivity contribution in [3.63, 3.8) is 0 Å². The van der Waals surface area contributed by atoms with E-state index in [4.69, 9.17) is 14.2 Å². The minimum Gasteiger partial charge on any atom is -0.497 e. The van der Waals surface area contributed by atoms with Crippen LogP contribution in [0.1, 0.15) is 31.7 Å². The normalized spacial score (nSPS) is 16.7. The monoisotopic (exact) mass is 519 g/mol. The van der Waals surface area contributed by atoms with E-state index in [1.807, 2.05) is 31.2 Å². The first-order chi connectivity index (χ1) is 13.7. The van der Waals surface area contributed by atoms with E-state index in [2.05, 4.69) is 15.2 Å². The van der Waals surface area contributed by atoms with Gasteiger partial charge in [0.25, 0.3) is 0 Å². The van der Waals surface area contributed by atoms with Gasteiger partial charge in [0.2, 0.25) is 0 Å². The highest BCUT2D eigenvalue weighted by Crippen LogP contribution is 2.18. The number of likely N-dealkylation sites (tertiary alicyclic amines) is 1. The number of nitrogens with one attached hydrogen (secondary N) is 1. The number of methoxy groups -OCH3 is 1. The number of ether oxygens (including phenoxy) is 3. The lowest BCUT2D eigenvalue weighted by Crippen LogP contribution is -2.48. The van der Waals surface area contributed by atoms with Crippen molar-refractivity contribution in [3.05, 3.63) is 29.8 Å². The Kier molecular flexibility index (Phi) is 12.7. The number of benzene rings is 1. The third kappa shape index (κ3) is 8.77. The average molecular weight is 519 g/mol. The number of rotatable bonds is 9. The van der Waals surface area contributed by atoms with Crippen LogP contribution in [0.4, 0.5) is 0 Å². The van der Waals surface area contributed by atoms with Gasteiger partial charge < -0.3 is 24.4 Å². The van der Waals surface area contributed by atoms with Gasteiger partial charge in [0.05, 0.1) is 26.2 Å². The van der Waals surface area contributed by atoms with E-state index >= 15 is 0 Å². The SMILES string of the molecule is CCOC(=O)C1CCCN(C(=NC)NCCCOCc2ccc(OC)cc2)C1.I. The number of aliphatic imine (C=N–C) groups is 1. The lowest BCUT2D eigenvalue weighted by molar-refractivity contribution is -0.149. The van der Waals surface area contributed by atoms with Crippen LogP contribution >= 0.6 is 24.0 Å². The first kappa shape index (κ1) is 25.5. The minimum absolute atomic E-state index is 0. The Hall–Kier alpha value is -1.55. The smallest absolute Gasteiger partial charge is 0.310 e. The average Bonchev–Trinajstić information content (AvgIpc) is 2.74. The van der Waals surface area contributed by atoms with Crippen molar-refractivity contribution in [2.24, 2.45) is 10.9 Å². The van der Waals surface area contributed by atoms with Gasteiger partial charge in [0.15, 0.2) is 5.96 Å². The predicted molar refractivity (Wildman–Crippen MR) is 125 cm³/mol. The Labute approximate surface area is 191 Å². The second-order valence-corrected chi connectivity index (χ2v) is 6.77. The number of esters is 1. The lowest BCUT2D eigenvalue weighted by atomic mass is 9.98. The summed E-state index contributed by atoms with van der Waals surface area (Å²) in [6, 6.07) is 7.89. The van der Waals surface area contributed by atoms with Crippen LogP contribution in [0.25, 0.3) is 0 Å². The van der Waals surface area contributed by atoms with Crippen LogP contribution in [0.3, 0.4) is 0 Å². The molecule has 0 aromatic heterocycles. The quantitative estimate of drug-likeness (QED) is 0.178. The van der Waals surface area contributed by atoms with Crippen LogP contribution in [-0.2, 0) is 20.9 Å². The molecule has 0 aliphatic carbocycles. The Morgan fingerprint density at radius 3 is 2.72 bits per heavy atom. The molecule has 1 aromatic rings. The second-order valence-electron chi connectivity index (χ2n) is 6.77. The van der Waals surface area contributed by atoms with Gasteiger partial charge in [0, 0.05) is 33.3 Å². The summed E-state index contributed by atoms with van der Waals surface area (Å²) in [5, 5.41) is 3.37. The molecule has 164 valence electrons. The summed E-state index contributed by atoms with van der Waals surface area (Å²) >= 11 is 0. The number of piperidine rings is 1. The number of halogens is 1. The van der Waals surface area contributed by atoms with Crippen molar-refractivity contribution in [2.75, 3.05) is 47.0 Å². The highest BCUT2D eigenvalue weighted by atomic mass is 127. The first-order valence-electron chi connectivity index (χ1n) is 10.0. The molecule has 1 heterocycles. The van der Waals surface area contributed by atoms with Gasteiger partial charge in [-0.25, -0.2) is 0 Å². The third-order valence-electron chi connectivity index (χ3n) is 4.73. The topological polar surface area (TPSA) is 72.4 Å². The summed E-state index contributed by atoms with van der Waals surface area (Å²) < 4.78 is 16.1. The maximum Gasteiger partial charge on any atom is 0.310 e. The zero-order chi connectivity index (χ0) is 20.2. The molecule has 1 aliphatic rings. The van der Waals surface area contributed by atoms with Crippen LogP contribution in [0.2, 0.25) is 0 Å². The highest BCUT2D eigenvalue weighted by molar-refractivity contribution is 14.0. The van der Waals surface area contributed by atoms with Gasteiger partial charge in [-0.2, -0.15) is 0 Å². The Morgan fingerprint density at radius 2 is 2.07 bits per heavy atom. The molecule has 0 spiro atoms. The largest absolute Gasteiger partial charge is 0.497 e. The molecule has 0 radical (unpaired) electrons. The number of carbonyl (C=O) groups is 1. The molecule has 0 amide bonds. The van der Waals surface area contributed by atoms with Crippen molar-refractivity contribution in [2.45, 2.75) is 32.8 Å². The van der Waals surface area contributed by atoms with Crippen molar-refractivity contribution in [1.29, 1.82) is 0 Å². The molecule has 7 nitrogen and oxygen atoms in total. The van der Waals surface area contributed by atoms with Gasteiger partial charge in [-0.05, 0) is 43.9 Å². The standard InChI is InChI=1S/C21H33N3O4.HI/c1-4-28-20(25)18-7-5-13-24(15-18)21(22-2)23-12-6-14-27-16-17-8-10-19(26-3)11-9-17;/h8-11,18H,4-7,12-16H2,1-3H3,(H,22,23);1H. The van der Waals surface area contributed by atoms with E-state index in [0.717, 1.165) is 49.6 Å². The highest BCUT2D eigenvalue weighted by Gasteiger charge is 2.28. The van der Waals surface area contributed by atoms with Crippen molar-refractivity contribution < 1.29 is 19.0 Å². The number of guanidine groups is 1. The fraction of sp³-hybridized carbons (Fsp3) is 0.619. The van der Waals surface area contributed by atoms with Crippen LogP contribution in [-0.4, -0.2) is 63.8 Å². The maximum atomic E-state index is 12.0. The first-order valence-corrected chi connectivity index (χ1v) is 10.0. The van der Waals surface area contributed by atoms with Crippen LogP contribution < -0.4 is 10.1 Å². The van der Waals surface area contributed by atoms with E-state index in [-0.39, 0.29) is 35.9 Å². The van der Waals surface area contributed by atoms with E-state index in [1.54, 1.807) is 14.2 Å². The van der Waals surface area contributed by atoms with E-state index in [1.165, 1.54) is 0 Å². The Bertz CT molecular complexity index is 625. The minimum atomic E-state index is -0.102. The molecule has 1 atom stereocenters. The van der Waals surface area contributed by atoms with E-state index in [0.29, 0.717) is 26.4 Å². The summed E-state index contributed by atoms with van der Waals surface area (Å²) in [6.45, 7) is 5.87. The molecule has 1 N–H and O–H groups in total. The maximum absolute atomic E-state index is 12.0. The fourth-order valence-electron chi connectivity index (χ4n) is 3.24.